The molecule has 0 amide bonds. The maximum absolute atomic E-state index is 5.55. The number of hydrogen-bond donors (Lipinski definition) is 1. The van der Waals surface area contributed by atoms with Crippen LogP contribution in [0.4, 0.5) is 0 Å². The molecule has 2 heterocycles. The molecule has 1 N–H and O–H groups in total. The number of ether oxygens (including phenoxy) is 1. The first-order valence-electron chi connectivity index (χ1n) is 6.36. The Bertz CT molecular complexity index is 332. The molecule has 0 bridgehead atoms. The molecule has 2 rings (SSSR count). The molecular weight excluding hydrogens is 218 g/mol. The van der Waals surface area contributed by atoms with Gasteiger partial charge in [0.2, 0.25) is 0 Å². The first-order valence-corrected chi connectivity index (χ1v) is 6.36. The van der Waals surface area contributed by atoms with Crippen LogP contribution in [0.5, 0.6) is 0 Å². The van der Waals surface area contributed by atoms with E-state index in [1.165, 1.54) is 6.42 Å². The van der Waals surface area contributed by atoms with E-state index in [1.54, 1.807) is 0 Å². The van der Waals surface area contributed by atoms with Crippen LogP contribution >= 0.6 is 0 Å². The van der Waals surface area contributed by atoms with Crippen molar-refractivity contribution in [3.8, 4) is 0 Å². The highest BCUT2D eigenvalue weighted by molar-refractivity contribution is 4.90. The van der Waals surface area contributed by atoms with Crippen LogP contribution in [0.15, 0.2) is 4.52 Å². The lowest BCUT2D eigenvalue weighted by molar-refractivity contribution is 0.0880. The van der Waals surface area contributed by atoms with Crippen molar-refractivity contribution in [3.05, 3.63) is 11.7 Å². The summed E-state index contributed by atoms with van der Waals surface area (Å²) in [5.74, 6) is 2.41. The predicted molar refractivity (Wildman–Crippen MR) is 63.6 cm³/mol. The van der Waals surface area contributed by atoms with Crippen molar-refractivity contribution in [2.24, 2.45) is 5.92 Å². The largest absolute Gasteiger partial charge is 0.372 e. The molecule has 1 aliphatic heterocycles. The summed E-state index contributed by atoms with van der Waals surface area (Å²) in [6, 6.07) is 0. The average Bonchev–Trinajstić information content (AvgIpc) is 2.96. The van der Waals surface area contributed by atoms with Crippen molar-refractivity contribution in [1.82, 2.24) is 15.5 Å². The molecule has 5 heteroatoms. The fourth-order valence-corrected chi connectivity index (χ4v) is 1.93. The first kappa shape index (κ1) is 12.5. The van der Waals surface area contributed by atoms with Gasteiger partial charge in [-0.05, 0) is 31.8 Å². The minimum Gasteiger partial charge on any atom is -0.372 e. The zero-order valence-corrected chi connectivity index (χ0v) is 10.6. The molecule has 0 saturated carbocycles. The summed E-state index contributed by atoms with van der Waals surface area (Å²) in [4.78, 5) is 4.26. The Balaban J connectivity index is 1.63. The van der Waals surface area contributed by atoms with Crippen LogP contribution in [-0.4, -0.2) is 29.8 Å². The number of rotatable bonds is 6. The van der Waals surface area contributed by atoms with Crippen molar-refractivity contribution in [2.75, 3.05) is 19.7 Å². The van der Waals surface area contributed by atoms with Crippen molar-refractivity contribution < 1.29 is 9.26 Å². The molecule has 0 aliphatic carbocycles. The second-order valence-electron chi connectivity index (χ2n) is 4.90. The van der Waals surface area contributed by atoms with E-state index in [0.29, 0.717) is 18.4 Å². The molecule has 0 spiro atoms. The van der Waals surface area contributed by atoms with Gasteiger partial charge in [-0.2, -0.15) is 4.98 Å². The van der Waals surface area contributed by atoms with E-state index < -0.39 is 0 Å². The molecule has 1 unspecified atom stereocenters. The SMILES string of the molecule is CC(C)c1noc(COCCC2CCNC2)n1. The Morgan fingerprint density at radius 2 is 2.41 bits per heavy atom. The summed E-state index contributed by atoms with van der Waals surface area (Å²) in [6.07, 6.45) is 2.37. The van der Waals surface area contributed by atoms with Crippen molar-refractivity contribution in [1.29, 1.82) is 0 Å². The molecule has 1 saturated heterocycles. The van der Waals surface area contributed by atoms with E-state index in [-0.39, 0.29) is 0 Å². The summed E-state index contributed by atoms with van der Waals surface area (Å²) in [5.41, 5.74) is 0. The summed E-state index contributed by atoms with van der Waals surface area (Å²) >= 11 is 0. The average molecular weight is 239 g/mol. The molecule has 1 atom stereocenters. The van der Waals surface area contributed by atoms with E-state index in [4.69, 9.17) is 9.26 Å². The standard InChI is InChI=1S/C12H21N3O2/c1-9(2)12-14-11(17-15-12)8-16-6-4-10-3-5-13-7-10/h9-10,13H,3-8H2,1-2H3. The number of nitrogens with one attached hydrogen (secondary N) is 1. The van der Waals surface area contributed by atoms with Crippen LogP contribution < -0.4 is 5.32 Å². The van der Waals surface area contributed by atoms with E-state index in [9.17, 15) is 0 Å². The smallest absolute Gasteiger partial charge is 0.252 e. The van der Waals surface area contributed by atoms with Crippen molar-refractivity contribution in [2.45, 2.75) is 39.2 Å². The van der Waals surface area contributed by atoms with Gasteiger partial charge in [0.05, 0.1) is 0 Å². The second-order valence-corrected chi connectivity index (χ2v) is 4.90. The van der Waals surface area contributed by atoms with Gasteiger partial charge in [0.25, 0.3) is 5.89 Å². The Hall–Kier alpha value is -0.940. The summed E-state index contributed by atoms with van der Waals surface area (Å²) in [6.45, 7) is 7.56. The fraction of sp³-hybridized carbons (Fsp3) is 0.833. The maximum Gasteiger partial charge on any atom is 0.252 e. The highest BCUT2D eigenvalue weighted by atomic mass is 16.5. The summed E-state index contributed by atoms with van der Waals surface area (Å²) in [7, 11) is 0. The molecule has 1 fully saturated rings. The van der Waals surface area contributed by atoms with Gasteiger partial charge in [-0.25, -0.2) is 0 Å². The van der Waals surface area contributed by atoms with Crippen molar-refractivity contribution in [3.63, 3.8) is 0 Å². The molecule has 1 aliphatic rings. The predicted octanol–water partition coefficient (Wildman–Crippen LogP) is 1.71. The Kier molecular flexibility index (Phi) is 4.50. The lowest BCUT2D eigenvalue weighted by atomic mass is 10.1. The minimum atomic E-state index is 0.303. The third kappa shape index (κ3) is 3.78. The van der Waals surface area contributed by atoms with E-state index >= 15 is 0 Å². The van der Waals surface area contributed by atoms with Gasteiger partial charge >= 0.3 is 0 Å². The Labute approximate surface area is 102 Å². The van der Waals surface area contributed by atoms with Gasteiger partial charge in [0.1, 0.15) is 6.61 Å². The van der Waals surface area contributed by atoms with E-state index in [1.807, 2.05) is 13.8 Å². The van der Waals surface area contributed by atoms with Gasteiger partial charge in [-0.15, -0.1) is 0 Å². The zero-order chi connectivity index (χ0) is 12.1. The van der Waals surface area contributed by atoms with Crippen LogP contribution in [0.1, 0.15) is 44.3 Å². The van der Waals surface area contributed by atoms with Gasteiger partial charge in [0.15, 0.2) is 5.82 Å². The molecule has 1 aromatic rings. The Morgan fingerprint density at radius 3 is 3.06 bits per heavy atom. The second kappa shape index (κ2) is 6.12. The quantitative estimate of drug-likeness (QED) is 0.766. The summed E-state index contributed by atoms with van der Waals surface area (Å²) < 4.78 is 10.7. The van der Waals surface area contributed by atoms with E-state index in [2.05, 4.69) is 15.5 Å². The molecular formula is C12H21N3O2. The van der Waals surface area contributed by atoms with Gasteiger partial charge in [-0.1, -0.05) is 19.0 Å². The number of hydrogen-bond acceptors (Lipinski definition) is 5. The lowest BCUT2D eigenvalue weighted by Crippen LogP contribution is -2.10. The normalized spacial score (nSPS) is 20.3. The van der Waals surface area contributed by atoms with Crippen LogP contribution in [0, 0.1) is 5.92 Å². The van der Waals surface area contributed by atoms with Gasteiger partial charge in [-0.3, -0.25) is 0 Å². The number of nitrogens with zero attached hydrogens (tertiary/aromatic N) is 2. The minimum absolute atomic E-state index is 0.303. The van der Waals surface area contributed by atoms with Gasteiger partial charge < -0.3 is 14.6 Å². The maximum atomic E-state index is 5.55. The highest BCUT2D eigenvalue weighted by Gasteiger charge is 2.14. The molecule has 0 radical (unpaired) electrons. The topological polar surface area (TPSA) is 60.2 Å². The van der Waals surface area contributed by atoms with Gasteiger partial charge in [0, 0.05) is 12.5 Å². The van der Waals surface area contributed by atoms with Crippen molar-refractivity contribution >= 4 is 0 Å². The van der Waals surface area contributed by atoms with Crippen LogP contribution in [0.25, 0.3) is 0 Å². The summed E-state index contributed by atoms with van der Waals surface area (Å²) in [5, 5.41) is 7.25. The molecule has 1 aromatic heterocycles. The molecule has 96 valence electrons. The number of aromatic nitrogens is 2. The molecule has 5 nitrogen and oxygen atoms in total. The monoisotopic (exact) mass is 239 g/mol. The van der Waals surface area contributed by atoms with Crippen LogP contribution in [0.3, 0.4) is 0 Å². The zero-order valence-electron chi connectivity index (χ0n) is 10.6. The Morgan fingerprint density at radius 1 is 1.53 bits per heavy atom. The first-order chi connectivity index (χ1) is 8.25. The van der Waals surface area contributed by atoms with Crippen LogP contribution in [0.2, 0.25) is 0 Å². The lowest BCUT2D eigenvalue weighted by Gasteiger charge is -2.06. The molecule has 0 aromatic carbocycles. The third-order valence-electron chi connectivity index (χ3n) is 3.06. The van der Waals surface area contributed by atoms with E-state index in [0.717, 1.165) is 37.9 Å². The fourth-order valence-electron chi connectivity index (χ4n) is 1.93. The molecule has 17 heavy (non-hydrogen) atoms. The highest BCUT2D eigenvalue weighted by Crippen LogP contribution is 2.13. The van der Waals surface area contributed by atoms with Crippen LogP contribution in [-0.2, 0) is 11.3 Å². The third-order valence-corrected chi connectivity index (χ3v) is 3.06.